The molecule has 0 bridgehead atoms. The van der Waals surface area contributed by atoms with Crippen molar-refractivity contribution in [2.75, 3.05) is 19.7 Å². The lowest BCUT2D eigenvalue weighted by atomic mass is 10.2. The zero-order chi connectivity index (χ0) is 14.9. The van der Waals surface area contributed by atoms with Gasteiger partial charge in [0.15, 0.2) is 0 Å². The van der Waals surface area contributed by atoms with Gasteiger partial charge < -0.3 is 10.5 Å². The molecule has 5 nitrogen and oxygen atoms in total. The smallest absolute Gasteiger partial charge is 0.244 e. The largest absolute Gasteiger partial charge is 0.374 e. The second kappa shape index (κ2) is 6.29. The first kappa shape index (κ1) is 16.2. The Balaban J connectivity index is 2.30. The molecule has 1 aromatic rings. The molecule has 1 aliphatic heterocycles. The van der Waals surface area contributed by atoms with Gasteiger partial charge in [0.1, 0.15) is 4.90 Å². The molecule has 0 amide bonds. The minimum atomic E-state index is -3.63. The van der Waals surface area contributed by atoms with E-state index in [0.29, 0.717) is 13.2 Å². The lowest BCUT2D eigenvalue weighted by molar-refractivity contribution is -0.0120. The molecular weight excluding hydrogens is 368 g/mol. The maximum Gasteiger partial charge on any atom is 0.244 e. The molecule has 1 saturated heterocycles. The molecule has 0 radical (unpaired) electrons. The van der Waals surface area contributed by atoms with Gasteiger partial charge in [0.2, 0.25) is 10.0 Å². The van der Waals surface area contributed by atoms with Crippen molar-refractivity contribution in [1.82, 2.24) is 4.31 Å². The molecule has 0 saturated carbocycles. The van der Waals surface area contributed by atoms with Crippen molar-refractivity contribution in [3.63, 3.8) is 0 Å². The fourth-order valence-corrected chi connectivity index (χ4v) is 4.46. The van der Waals surface area contributed by atoms with Gasteiger partial charge in [-0.05, 0) is 25.1 Å². The van der Waals surface area contributed by atoms with Crippen LogP contribution >= 0.6 is 27.5 Å². The Morgan fingerprint density at radius 3 is 2.85 bits per heavy atom. The number of nitrogens with two attached hydrogens (primary N) is 1. The highest BCUT2D eigenvalue weighted by Gasteiger charge is 2.33. The minimum Gasteiger partial charge on any atom is -0.374 e. The van der Waals surface area contributed by atoms with Gasteiger partial charge in [-0.1, -0.05) is 27.5 Å². The molecule has 20 heavy (non-hydrogen) atoms. The van der Waals surface area contributed by atoms with Gasteiger partial charge in [-0.15, -0.1) is 0 Å². The Morgan fingerprint density at radius 2 is 2.25 bits per heavy atom. The zero-order valence-electron chi connectivity index (χ0n) is 10.9. The van der Waals surface area contributed by atoms with Gasteiger partial charge in [0.25, 0.3) is 0 Å². The Hall–Kier alpha value is -0.180. The molecule has 1 aromatic carbocycles. The number of benzene rings is 1. The number of halogens is 2. The van der Waals surface area contributed by atoms with Crippen LogP contribution < -0.4 is 5.73 Å². The Labute approximate surface area is 132 Å². The van der Waals surface area contributed by atoms with Gasteiger partial charge in [-0.3, -0.25) is 0 Å². The van der Waals surface area contributed by atoms with Crippen LogP contribution in [-0.4, -0.2) is 44.6 Å². The summed E-state index contributed by atoms with van der Waals surface area (Å²) in [5.74, 6) is 0. The average Bonchev–Trinajstić information content (AvgIpc) is 2.38. The average molecular weight is 384 g/mol. The third kappa shape index (κ3) is 3.35. The summed E-state index contributed by atoms with van der Waals surface area (Å²) in [4.78, 5) is 0.104. The Kier molecular flexibility index (Phi) is 5.09. The van der Waals surface area contributed by atoms with Gasteiger partial charge in [0.05, 0.1) is 17.7 Å². The van der Waals surface area contributed by atoms with Crippen LogP contribution in [0.4, 0.5) is 0 Å². The van der Waals surface area contributed by atoms with Crippen molar-refractivity contribution in [3.05, 3.63) is 27.7 Å². The summed E-state index contributed by atoms with van der Waals surface area (Å²) >= 11 is 9.30. The Morgan fingerprint density at radius 1 is 1.55 bits per heavy atom. The third-order valence-electron chi connectivity index (χ3n) is 3.15. The van der Waals surface area contributed by atoms with E-state index in [1.54, 1.807) is 19.1 Å². The monoisotopic (exact) mass is 382 g/mol. The molecule has 2 rings (SSSR count). The summed E-state index contributed by atoms with van der Waals surface area (Å²) in [6.07, 6.45) is -0.298. The quantitative estimate of drug-likeness (QED) is 0.864. The van der Waals surface area contributed by atoms with Crippen molar-refractivity contribution in [2.45, 2.75) is 24.0 Å². The van der Waals surface area contributed by atoms with Crippen LogP contribution in [0.15, 0.2) is 27.6 Å². The molecule has 0 aliphatic carbocycles. The molecule has 0 spiro atoms. The van der Waals surface area contributed by atoms with Crippen molar-refractivity contribution in [2.24, 2.45) is 5.73 Å². The standard InChI is InChI=1S/C12H16BrClN2O3S/c1-8(15)11-7-16(4-5-19-11)20(17,18)12-3-2-9(13)6-10(12)14/h2-3,6,8,11H,4-5,7,15H2,1H3. The van der Waals surface area contributed by atoms with E-state index in [4.69, 9.17) is 22.1 Å². The highest BCUT2D eigenvalue weighted by Crippen LogP contribution is 2.28. The molecular formula is C12H16BrClN2O3S. The van der Waals surface area contributed by atoms with E-state index in [1.165, 1.54) is 10.4 Å². The van der Waals surface area contributed by atoms with E-state index in [9.17, 15) is 8.42 Å². The van der Waals surface area contributed by atoms with Crippen molar-refractivity contribution in [1.29, 1.82) is 0 Å². The van der Waals surface area contributed by atoms with Gasteiger partial charge in [0, 0.05) is 23.6 Å². The number of morpholine rings is 1. The number of hydrogen-bond acceptors (Lipinski definition) is 4. The summed E-state index contributed by atoms with van der Waals surface area (Å²) in [6.45, 7) is 2.68. The molecule has 2 atom stereocenters. The molecule has 1 heterocycles. The second-order valence-corrected chi connectivity index (χ2v) is 7.94. The first-order chi connectivity index (χ1) is 9.32. The lowest BCUT2D eigenvalue weighted by Gasteiger charge is -2.34. The van der Waals surface area contributed by atoms with Crippen LogP contribution in [-0.2, 0) is 14.8 Å². The SMILES string of the molecule is CC(N)C1CN(S(=O)(=O)c2ccc(Br)cc2Cl)CCO1. The van der Waals surface area contributed by atoms with Gasteiger partial charge in [-0.2, -0.15) is 4.31 Å². The fraction of sp³-hybridized carbons (Fsp3) is 0.500. The highest BCUT2D eigenvalue weighted by atomic mass is 79.9. The highest BCUT2D eigenvalue weighted by molar-refractivity contribution is 9.10. The van der Waals surface area contributed by atoms with Gasteiger partial charge >= 0.3 is 0 Å². The maximum absolute atomic E-state index is 12.6. The fourth-order valence-electron chi connectivity index (χ4n) is 2.01. The lowest BCUT2D eigenvalue weighted by Crippen LogP contribution is -2.51. The predicted molar refractivity (Wildman–Crippen MR) is 81.3 cm³/mol. The van der Waals surface area contributed by atoms with Crippen LogP contribution in [0, 0.1) is 0 Å². The summed E-state index contributed by atoms with van der Waals surface area (Å²) in [5, 5.41) is 0.197. The second-order valence-electron chi connectivity index (χ2n) is 4.71. The van der Waals surface area contributed by atoms with E-state index in [1.807, 2.05) is 0 Å². The number of hydrogen-bond donors (Lipinski definition) is 1. The van der Waals surface area contributed by atoms with Crippen LogP contribution in [0.5, 0.6) is 0 Å². The first-order valence-corrected chi connectivity index (χ1v) is 8.76. The normalized spacial score (nSPS) is 22.7. The molecule has 8 heteroatoms. The van der Waals surface area contributed by atoms with E-state index >= 15 is 0 Å². The van der Waals surface area contributed by atoms with Crippen molar-refractivity contribution in [3.8, 4) is 0 Å². The van der Waals surface area contributed by atoms with E-state index in [-0.39, 0.29) is 28.6 Å². The minimum absolute atomic E-state index is 0.104. The molecule has 112 valence electrons. The van der Waals surface area contributed by atoms with Gasteiger partial charge in [-0.25, -0.2) is 8.42 Å². The number of rotatable bonds is 3. The zero-order valence-corrected chi connectivity index (χ0v) is 14.1. The van der Waals surface area contributed by atoms with Crippen LogP contribution in [0.3, 0.4) is 0 Å². The number of sulfonamides is 1. The summed E-state index contributed by atoms with van der Waals surface area (Å²) in [6, 6.07) is 4.49. The van der Waals surface area contributed by atoms with Crippen LogP contribution in [0.25, 0.3) is 0 Å². The van der Waals surface area contributed by atoms with Crippen LogP contribution in [0.2, 0.25) is 5.02 Å². The third-order valence-corrected chi connectivity index (χ3v) is 6.00. The molecule has 0 aromatic heterocycles. The topological polar surface area (TPSA) is 72.6 Å². The van der Waals surface area contributed by atoms with Crippen molar-refractivity contribution >= 4 is 37.6 Å². The summed E-state index contributed by atoms with van der Waals surface area (Å²) < 4.78 is 32.8. The predicted octanol–water partition coefficient (Wildman–Crippen LogP) is 1.84. The number of ether oxygens (including phenoxy) is 1. The molecule has 2 unspecified atom stereocenters. The summed E-state index contributed by atoms with van der Waals surface area (Å²) in [5.41, 5.74) is 5.78. The Bertz CT molecular complexity index is 594. The van der Waals surface area contributed by atoms with E-state index in [0.717, 1.165) is 4.47 Å². The van der Waals surface area contributed by atoms with Crippen molar-refractivity contribution < 1.29 is 13.2 Å². The van der Waals surface area contributed by atoms with Crippen LogP contribution in [0.1, 0.15) is 6.92 Å². The van der Waals surface area contributed by atoms with E-state index in [2.05, 4.69) is 15.9 Å². The van der Waals surface area contributed by atoms with E-state index < -0.39 is 10.0 Å². The maximum atomic E-state index is 12.6. The molecule has 2 N–H and O–H groups in total. The molecule has 1 fully saturated rings. The first-order valence-electron chi connectivity index (χ1n) is 6.15. The molecule has 1 aliphatic rings. The summed E-state index contributed by atoms with van der Waals surface area (Å²) in [7, 11) is -3.63. The number of nitrogens with zero attached hydrogens (tertiary/aromatic N) is 1.